The van der Waals surface area contributed by atoms with Crippen LogP contribution in [0.15, 0.2) is 42.5 Å². The molecule has 1 saturated carbocycles. The van der Waals surface area contributed by atoms with E-state index < -0.39 is 52.9 Å². The lowest BCUT2D eigenvalue weighted by molar-refractivity contribution is -0.148. The van der Waals surface area contributed by atoms with E-state index in [0.29, 0.717) is 50.9 Å². The number of ketones is 1. The summed E-state index contributed by atoms with van der Waals surface area (Å²) in [5.74, 6) is -5.42. The molecule has 3 atom stereocenters. The molecule has 2 aliphatic rings. The summed E-state index contributed by atoms with van der Waals surface area (Å²) in [5, 5.41) is 12.3. The van der Waals surface area contributed by atoms with Crippen molar-refractivity contribution in [2.45, 2.75) is 44.2 Å². The van der Waals surface area contributed by atoms with E-state index in [9.17, 15) is 37.1 Å². The highest BCUT2D eigenvalue weighted by molar-refractivity contribution is 5.95. The Kier molecular flexibility index (Phi) is 7.33. The van der Waals surface area contributed by atoms with Gasteiger partial charge in [-0.25, -0.2) is 4.39 Å². The number of Topliss-reactive ketones (excluding diaryl/α,β-unsaturated/α-hetero) is 1. The molecular formula is C26H26F4N2O4. The van der Waals surface area contributed by atoms with Gasteiger partial charge in [-0.3, -0.25) is 14.4 Å². The number of benzene rings is 2. The standard InChI is InChI=1S/C26H26F4N2O4/c27-21-14-16(26(28,29)30)6-9-22(21)31-24(34)20-3-1-2-19(23(20)25(35)36)15-4-7-17(8-5-15)32-12-10-18(33)11-13-32/h4-9,14,19-20,23H,1-3,10-13H2,(H,31,34)(H,35,36)/t19-,20?,23?/m1/s1. The largest absolute Gasteiger partial charge is 0.481 e. The summed E-state index contributed by atoms with van der Waals surface area (Å²) in [6.07, 6.45) is -2.37. The number of piperidine rings is 1. The Morgan fingerprint density at radius 2 is 1.67 bits per heavy atom. The van der Waals surface area contributed by atoms with Crippen molar-refractivity contribution in [2.24, 2.45) is 11.8 Å². The minimum absolute atomic E-state index is 0.231. The quantitative estimate of drug-likeness (QED) is 0.542. The molecule has 0 radical (unpaired) electrons. The minimum atomic E-state index is -4.73. The summed E-state index contributed by atoms with van der Waals surface area (Å²) >= 11 is 0. The number of anilines is 2. The summed E-state index contributed by atoms with van der Waals surface area (Å²) < 4.78 is 52.7. The number of carbonyl (C=O) groups is 3. The topological polar surface area (TPSA) is 86.7 Å². The number of hydrogen-bond donors (Lipinski definition) is 2. The van der Waals surface area contributed by atoms with E-state index in [1.54, 1.807) is 0 Å². The second-order valence-corrected chi connectivity index (χ2v) is 9.31. The van der Waals surface area contributed by atoms with Gasteiger partial charge >= 0.3 is 12.1 Å². The maximum absolute atomic E-state index is 14.3. The van der Waals surface area contributed by atoms with Gasteiger partial charge in [0.1, 0.15) is 11.6 Å². The normalized spacial score (nSPS) is 22.8. The molecule has 2 aromatic rings. The highest BCUT2D eigenvalue weighted by Gasteiger charge is 2.43. The number of carboxylic acids is 1. The first kappa shape index (κ1) is 25.7. The van der Waals surface area contributed by atoms with Crippen molar-refractivity contribution in [1.82, 2.24) is 0 Å². The lowest BCUT2D eigenvalue weighted by Crippen LogP contribution is -2.40. The molecule has 2 fully saturated rings. The number of nitrogens with zero attached hydrogens (tertiary/aromatic N) is 1. The molecule has 0 spiro atoms. The summed E-state index contributed by atoms with van der Waals surface area (Å²) in [6, 6.07) is 9.23. The van der Waals surface area contributed by atoms with Gasteiger partial charge in [0.05, 0.1) is 23.1 Å². The zero-order valence-electron chi connectivity index (χ0n) is 19.4. The van der Waals surface area contributed by atoms with Crippen molar-refractivity contribution in [3.05, 3.63) is 59.4 Å². The van der Waals surface area contributed by atoms with Crippen molar-refractivity contribution in [3.8, 4) is 0 Å². The number of hydrogen-bond acceptors (Lipinski definition) is 4. The van der Waals surface area contributed by atoms with Crippen LogP contribution in [0.2, 0.25) is 0 Å². The zero-order chi connectivity index (χ0) is 26.0. The number of rotatable bonds is 5. The predicted octanol–water partition coefficient (Wildman–Crippen LogP) is 5.24. The van der Waals surface area contributed by atoms with Crippen LogP contribution in [-0.2, 0) is 20.6 Å². The molecule has 0 aromatic heterocycles. The van der Waals surface area contributed by atoms with Crippen LogP contribution < -0.4 is 10.2 Å². The summed E-state index contributed by atoms with van der Waals surface area (Å²) in [5.41, 5.74) is 0.0841. The van der Waals surface area contributed by atoms with Crippen molar-refractivity contribution in [3.63, 3.8) is 0 Å². The number of alkyl halides is 3. The fourth-order valence-corrected chi connectivity index (χ4v) is 5.17. The second kappa shape index (κ2) is 10.3. The summed E-state index contributed by atoms with van der Waals surface area (Å²) in [6.45, 7) is 1.25. The third kappa shape index (κ3) is 5.52. The van der Waals surface area contributed by atoms with E-state index in [1.165, 1.54) is 0 Å². The van der Waals surface area contributed by atoms with E-state index in [0.717, 1.165) is 17.3 Å². The molecule has 192 valence electrons. The highest BCUT2D eigenvalue weighted by Crippen LogP contribution is 2.43. The van der Waals surface area contributed by atoms with E-state index in [1.807, 2.05) is 24.3 Å². The van der Waals surface area contributed by atoms with E-state index in [4.69, 9.17) is 0 Å². The Morgan fingerprint density at radius 3 is 2.25 bits per heavy atom. The SMILES string of the molecule is O=C1CCN(c2ccc([C@H]3CCCC(C(=O)Nc4ccc(C(F)(F)F)cc4F)C3C(=O)O)cc2)CC1. The molecule has 1 saturated heterocycles. The van der Waals surface area contributed by atoms with Gasteiger partial charge in [0.15, 0.2) is 0 Å². The predicted molar refractivity (Wildman–Crippen MR) is 124 cm³/mol. The maximum Gasteiger partial charge on any atom is 0.416 e. The van der Waals surface area contributed by atoms with Gasteiger partial charge in [0.2, 0.25) is 5.91 Å². The number of nitrogens with one attached hydrogen (secondary N) is 1. The zero-order valence-corrected chi connectivity index (χ0v) is 19.4. The summed E-state index contributed by atoms with van der Waals surface area (Å²) in [7, 11) is 0. The number of carboxylic acid groups (broad SMARTS) is 1. The number of carbonyl (C=O) groups excluding carboxylic acids is 2. The molecule has 2 aromatic carbocycles. The molecule has 10 heteroatoms. The smallest absolute Gasteiger partial charge is 0.416 e. The van der Waals surface area contributed by atoms with Crippen LogP contribution in [0.3, 0.4) is 0 Å². The Balaban J connectivity index is 1.51. The van der Waals surface area contributed by atoms with Crippen LogP contribution >= 0.6 is 0 Å². The fourth-order valence-electron chi connectivity index (χ4n) is 5.17. The molecular weight excluding hydrogens is 480 g/mol. The molecule has 1 heterocycles. The van der Waals surface area contributed by atoms with Crippen molar-refractivity contribution in [1.29, 1.82) is 0 Å². The lowest BCUT2D eigenvalue weighted by atomic mass is 9.69. The molecule has 6 nitrogen and oxygen atoms in total. The van der Waals surface area contributed by atoms with Crippen LogP contribution in [0.1, 0.15) is 49.1 Å². The van der Waals surface area contributed by atoms with Gasteiger partial charge in [-0.1, -0.05) is 18.6 Å². The van der Waals surface area contributed by atoms with Gasteiger partial charge in [0, 0.05) is 31.6 Å². The number of aliphatic carboxylic acids is 1. The molecule has 2 N–H and O–H groups in total. The molecule has 1 amide bonds. The van der Waals surface area contributed by atoms with Gasteiger partial charge in [-0.15, -0.1) is 0 Å². The van der Waals surface area contributed by atoms with Crippen molar-refractivity contribution < 1.29 is 37.1 Å². The third-order valence-corrected chi connectivity index (χ3v) is 7.08. The van der Waals surface area contributed by atoms with Crippen LogP contribution in [-0.4, -0.2) is 35.9 Å². The molecule has 36 heavy (non-hydrogen) atoms. The Hall–Kier alpha value is -3.43. The first-order chi connectivity index (χ1) is 17.0. The Morgan fingerprint density at radius 1 is 1.00 bits per heavy atom. The monoisotopic (exact) mass is 506 g/mol. The molecule has 1 aliphatic heterocycles. The van der Waals surface area contributed by atoms with Gasteiger partial charge < -0.3 is 15.3 Å². The fraction of sp³-hybridized carbons (Fsp3) is 0.423. The van der Waals surface area contributed by atoms with E-state index in [-0.39, 0.29) is 12.2 Å². The average Bonchev–Trinajstić information content (AvgIpc) is 2.84. The average molecular weight is 506 g/mol. The van der Waals surface area contributed by atoms with E-state index >= 15 is 0 Å². The van der Waals surface area contributed by atoms with Gasteiger partial charge in [-0.05, 0) is 54.7 Å². The van der Waals surface area contributed by atoms with Crippen molar-refractivity contribution >= 4 is 29.0 Å². The van der Waals surface area contributed by atoms with Crippen LogP contribution in [0.25, 0.3) is 0 Å². The minimum Gasteiger partial charge on any atom is -0.481 e. The van der Waals surface area contributed by atoms with Gasteiger partial charge in [0.25, 0.3) is 0 Å². The molecule has 2 unspecified atom stereocenters. The molecule has 0 bridgehead atoms. The van der Waals surface area contributed by atoms with Crippen molar-refractivity contribution in [2.75, 3.05) is 23.3 Å². The molecule has 4 rings (SSSR count). The number of amides is 1. The van der Waals surface area contributed by atoms with Crippen LogP contribution in [0, 0.1) is 17.7 Å². The maximum atomic E-state index is 14.3. The van der Waals surface area contributed by atoms with Gasteiger partial charge in [-0.2, -0.15) is 13.2 Å². The lowest BCUT2D eigenvalue weighted by Gasteiger charge is -2.35. The molecule has 1 aliphatic carbocycles. The highest BCUT2D eigenvalue weighted by atomic mass is 19.4. The Labute approximate surface area is 205 Å². The summed E-state index contributed by atoms with van der Waals surface area (Å²) in [4.78, 5) is 38.8. The first-order valence-corrected chi connectivity index (χ1v) is 11.8. The first-order valence-electron chi connectivity index (χ1n) is 11.8. The van der Waals surface area contributed by atoms with Crippen LogP contribution in [0.4, 0.5) is 28.9 Å². The Bertz CT molecular complexity index is 1140. The number of halogens is 4. The third-order valence-electron chi connectivity index (χ3n) is 7.08. The second-order valence-electron chi connectivity index (χ2n) is 9.31. The van der Waals surface area contributed by atoms with E-state index in [2.05, 4.69) is 10.2 Å². The van der Waals surface area contributed by atoms with Crippen LogP contribution in [0.5, 0.6) is 0 Å².